The quantitative estimate of drug-likeness (QED) is 0.524. The molecule has 0 aliphatic rings. The maximum atomic E-state index is 12.7. The van der Waals surface area contributed by atoms with Crippen molar-refractivity contribution in [2.45, 2.75) is 53.0 Å². The molecule has 2 rings (SSSR count). The third-order valence-corrected chi connectivity index (χ3v) is 6.75. The van der Waals surface area contributed by atoms with E-state index in [1.165, 1.54) is 10.6 Å². The second kappa shape index (κ2) is 11.4. The van der Waals surface area contributed by atoms with Gasteiger partial charge in [-0.2, -0.15) is 0 Å². The van der Waals surface area contributed by atoms with Gasteiger partial charge in [0.2, 0.25) is 15.9 Å². The molecule has 0 radical (unpaired) electrons. The van der Waals surface area contributed by atoms with Crippen molar-refractivity contribution in [1.82, 2.24) is 5.32 Å². The molecule has 0 heterocycles. The van der Waals surface area contributed by atoms with E-state index in [0.717, 1.165) is 28.9 Å². The highest BCUT2D eigenvalue weighted by atomic mass is 32.2. The van der Waals surface area contributed by atoms with Crippen LogP contribution in [0, 0.1) is 19.8 Å². The van der Waals surface area contributed by atoms with Gasteiger partial charge in [0.25, 0.3) is 0 Å². The largest absolute Gasteiger partial charge is 0.497 e. The van der Waals surface area contributed by atoms with Gasteiger partial charge in [0.1, 0.15) is 5.75 Å². The fraction of sp³-hybridized carbons (Fsp3) is 0.480. The van der Waals surface area contributed by atoms with Crippen LogP contribution in [-0.4, -0.2) is 34.2 Å². The number of hydrogen-bond donors (Lipinski definition) is 1. The van der Waals surface area contributed by atoms with E-state index in [1.54, 1.807) is 7.11 Å². The molecule has 1 N–H and O–H groups in total. The first-order chi connectivity index (χ1) is 15.0. The number of benzene rings is 2. The molecule has 0 aliphatic heterocycles. The van der Waals surface area contributed by atoms with Gasteiger partial charge in [-0.05, 0) is 67.5 Å². The summed E-state index contributed by atoms with van der Waals surface area (Å²) in [5, 5.41) is 3.13. The maximum absolute atomic E-state index is 12.7. The van der Waals surface area contributed by atoms with E-state index >= 15 is 0 Å². The van der Waals surface area contributed by atoms with E-state index in [0.29, 0.717) is 18.0 Å². The van der Waals surface area contributed by atoms with E-state index in [4.69, 9.17) is 4.74 Å². The third kappa shape index (κ3) is 7.26. The fourth-order valence-electron chi connectivity index (χ4n) is 3.71. The molecule has 7 heteroatoms. The zero-order chi connectivity index (χ0) is 23.9. The van der Waals surface area contributed by atoms with Gasteiger partial charge in [0, 0.05) is 13.0 Å². The Morgan fingerprint density at radius 3 is 2.31 bits per heavy atom. The van der Waals surface area contributed by atoms with Crippen LogP contribution in [0.2, 0.25) is 0 Å². The van der Waals surface area contributed by atoms with Crippen LogP contribution in [0.1, 0.15) is 55.8 Å². The smallest absolute Gasteiger partial charge is 0.232 e. The molecule has 1 atom stereocenters. The summed E-state index contributed by atoms with van der Waals surface area (Å²) in [6, 6.07) is 13.3. The number of aryl methyl sites for hydroxylation is 1. The number of nitrogens with zero attached hydrogens (tertiary/aromatic N) is 1. The number of nitrogens with one attached hydrogen (secondary N) is 1. The van der Waals surface area contributed by atoms with Gasteiger partial charge in [-0.25, -0.2) is 8.42 Å². The predicted octanol–water partition coefficient (Wildman–Crippen LogP) is 4.76. The normalized spacial score (nSPS) is 12.5. The second-order valence-corrected chi connectivity index (χ2v) is 10.6. The summed E-state index contributed by atoms with van der Waals surface area (Å²) in [4.78, 5) is 12.7. The molecule has 0 aromatic heterocycles. The van der Waals surface area contributed by atoms with Crippen LogP contribution in [0.3, 0.4) is 0 Å². The standard InChI is InChI=1S/C25H36N2O4S/c1-18(2)17-23(21-12-14-22(31-5)15-13-21)26-25(28)11-8-16-27(32(6,29)30)24-10-7-9-19(3)20(24)4/h7,9-10,12-15,18,23H,8,11,16-17H2,1-6H3,(H,26,28)/t23-/m1/s1. The lowest BCUT2D eigenvalue weighted by Crippen LogP contribution is -2.33. The second-order valence-electron chi connectivity index (χ2n) is 8.68. The van der Waals surface area contributed by atoms with Crippen molar-refractivity contribution in [3.05, 3.63) is 59.2 Å². The molecule has 0 saturated carbocycles. The molecule has 0 bridgehead atoms. The molecule has 0 saturated heterocycles. The van der Waals surface area contributed by atoms with E-state index in [9.17, 15) is 13.2 Å². The molecule has 0 unspecified atom stereocenters. The zero-order valence-electron chi connectivity index (χ0n) is 20.0. The lowest BCUT2D eigenvalue weighted by Gasteiger charge is -2.25. The van der Waals surface area contributed by atoms with Crippen LogP contribution in [0.4, 0.5) is 5.69 Å². The van der Waals surface area contributed by atoms with Crippen molar-refractivity contribution in [2.75, 3.05) is 24.2 Å². The number of methoxy groups -OCH3 is 1. The Hall–Kier alpha value is -2.54. The molecule has 0 aliphatic carbocycles. The van der Waals surface area contributed by atoms with Crippen LogP contribution in [0.25, 0.3) is 0 Å². The number of carbonyl (C=O) groups excluding carboxylic acids is 1. The van der Waals surface area contributed by atoms with Crippen molar-refractivity contribution < 1.29 is 17.9 Å². The molecule has 0 fully saturated rings. The number of carbonyl (C=O) groups is 1. The van der Waals surface area contributed by atoms with E-state index in [1.807, 2.05) is 56.3 Å². The van der Waals surface area contributed by atoms with Crippen LogP contribution in [0.15, 0.2) is 42.5 Å². The van der Waals surface area contributed by atoms with Crippen LogP contribution < -0.4 is 14.4 Å². The summed E-state index contributed by atoms with van der Waals surface area (Å²) >= 11 is 0. The van der Waals surface area contributed by atoms with Crippen molar-refractivity contribution in [3.8, 4) is 5.75 Å². The van der Waals surface area contributed by atoms with Crippen LogP contribution >= 0.6 is 0 Å². The number of anilines is 1. The first kappa shape index (κ1) is 25.7. The SMILES string of the molecule is COc1ccc([C@@H](CC(C)C)NC(=O)CCCN(c2cccc(C)c2C)S(C)(=O)=O)cc1. The molecular weight excluding hydrogens is 424 g/mol. The number of amides is 1. The lowest BCUT2D eigenvalue weighted by molar-refractivity contribution is -0.122. The Labute approximate surface area is 193 Å². The molecule has 0 spiro atoms. The Bertz CT molecular complexity index is 1000. The summed E-state index contributed by atoms with van der Waals surface area (Å²) < 4.78 is 31.5. The Balaban J connectivity index is 2.05. The Morgan fingerprint density at radius 1 is 1.09 bits per heavy atom. The van der Waals surface area contributed by atoms with E-state index < -0.39 is 10.0 Å². The molecule has 176 valence electrons. The molecule has 2 aromatic rings. The number of sulfonamides is 1. The number of rotatable bonds is 11. The summed E-state index contributed by atoms with van der Waals surface area (Å²) in [5.74, 6) is 1.10. The topological polar surface area (TPSA) is 75.7 Å². The summed E-state index contributed by atoms with van der Waals surface area (Å²) in [6.45, 7) is 8.38. The minimum absolute atomic E-state index is 0.0825. The van der Waals surface area contributed by atoms with Crippen LogP contribution in [0.5, 0.6) is 5.75 Å². The molecule has 32 heavy (non-hydrogen) atoms. The minimum atomic E-state index is -3.45. The zero-order valence-corrected chi connectivity index (χ0v) is 20.8. The maximum Gasteiger partial charge on any atom is 0.232 e. The monoisotopic (exact) mass is 460 g/mol. The van der Waals surface area contributed by atoms with Crippen molar-refractivity contribution in [3.63, 3.8) is 0 Å². The van der Waals surface area contributed by atoms with Gasteiger partial charge in [-0.15, -0.1) is 0 Å². The molecule has 6 nitrogen and oxygen atoms in total. The van der Waals surface area contributed by atoms with Crippen LogP contribution in [-0.2, 0) is 14.8 Å². The molecule has 2 aromatic carbocycles. The first-order valence-corrected chi connectivity index (χ1v) is 12.8. The van der Waals surface area contributed by atoms with Gasteiger partial charge in [-0.1, -0.05) is 38.1 Å². The summed E-state index contributed by atoms with van der Waals surface area (Å²) in [5.41, 5.74) is 3.66. The highest BCUT2D eigenvalue weighted by Crippen LogP contribution is 2.26. The van der Waals surface area contributed by atoms with Gasteiger partial charge < -0.3 is 10.1 Å². The van der Waals surface area contributed by atoms with Crippen molar-refractivity contribution in [1.29, 1.82) is 0 Å². The third-order valence-electron chi connectivity index (χ3n) is 5.57. The van der Waals surface area contributed by atoms with E-state index in [2.05, 4.69) is 19.2 Å². The van der Waals surface area contributed by atoms with E-state index in [-0.39, 0.29) is 24.9 Å². The average molecular weight is 461 g/mol. The highest BCUT2D eigenvalue weighted by Gasteiger charge is 2.21. The lowest BCUT2D eigenvalue weighted by atomic mass is 9.96. The fourth-order valence-corrected chi connectivity index (χ4v) is 4.72. The number of ether oxygens (including phenoxy) is 1. The first-order valence-electron chi connectivity index (χ1n) is 11.0. The van der Waals surface area contributed by atoms with Gasteiger partial charge in [0.05, 0.1) is 25.1 Å². The van der Waals surface area contributed by atoms with Gasteiger partial charge in [-0.3, -0.25) is 9.10 Å². The predicted molar refractivity (Wildman–Crippen MR) is 131 cm³/mol. The Morgan fingerprint density at radius 2 is 1.75 bits per heavy atom. The van der Waals surface area contributed by atoms with Gasteiger partial charge >= 0.3 is 0 Å². The minimum Gasteiger partial charge on any atom is -0.497 e. The van der Waals surface area contributed by atoms with Crippen molar-refractivity contribution >= 4 is 21.6 Å². The molecular formula is C25H36N2O4S. The number of hydrogen-bond acceptors (Lipinski definition) is 4. The summed E-state index contributed by atoms with van der Waals surface area (Å²) in [6.07, 6.45) is 2.71. The highest BCUT2D eigenvalue weighted by molar-refractivity contribution is 7.92. The van der Waals surface area contributed by atoms with Gasteiger partial charge in [0.15, 0.2) is 0 Å². The molecule has 1 amide bonds. The average Bonchev–Trinajstić information content (AvgIpc) is 2.72. The van der Waals surface area contributed by atoms with Crippen molar-refractivity contribution in [2.24, 2.45) is 5.92 Å². The summed E-state index contributed by atoms with van der Waals surface area (Å²) in [7, 11) is -1.83. The Kier molecular flexibility index (Phi) is 9.13.